The van der Waals surface area contributed by atoms with Crippen LogP contribution < -0.4 is 15.5 Å². The van der Waals surface area contributed by atoms with Gasteiger partial charge < -0.3 is 20.1 Å². The lowest BCUT2D eigenvalue weighted by Gasteiger charge is -2.19. The van der Waals surface area contributed by atoms with Crippen molar-refractivity contribution in [1.82, 2.24) is 19.5 Å². The molecule has 9 nitrogen and oxygen atoms in total. The second kappa shape index (κ2) is 11.1. The van der Waals surface area contributed by atoms with Gasteiger partial charge in [0, 0.05) is 44.5 Å². The Hall–Kier alpha value is -4.44. The summed E-state index contributed by atoms with van der Waals surface area (Å²) in [6.45, 7) is 0.699. The molecule has 3 aromatic carbocycles. The number of anilines is 5. The first-order valence-electron chi connectivity index (χ1n) is 12.6. The normalized spacial score (nSPS) is 11.5. The van der Waals surface area contributed by atoms with Crippen LogP contribution in [0.25, 0.3) is 11.0 Å². The molecule has 0 saturated carbocycles. The van der Waals surface area contributed by atoms with Crippen LogP contribution in [0.5, 0.6) is 0 Å². The molecule has 2 N–H and O–H groups in total. The van der Waals surface area contributed by atoms with Crippen LogP contribution in [0.4, 0.5) is 29.1 Å². The maximum absolute atomic E-state index is 11.4. The average Bonchev–Trinajstić information content (AvgIpc) is 3.26. The highest BCUT2D eigenvalue weighted by molar-refractivity contribution is 7.90. The van der Waals surface area contributed by atoms with E-state index in [2.05, 4.69) is 49.4 Å². The van der Waals surface area contributed by atoms with Gasteiger partial charge in [-0.3, -0.25) is 0 Å². The molecule has 5 rings (SSSR count). The third-order valence-corrected chi connectivity index (χ3v) is 7.45. The predicted molar refractivity (Wildman–Crippen MR) is 158 cm³/mol. The van der Waals surface area contributed by atoms with Gasteiger partial charge >= 0.3 is 0 Å². The molecule has 0 bridgehead atoms. The zero-order valence-corrected chi connectivity index (χ0v) is 23.0. The van der Waals surface area contributed by atoms with Crippen molar-refractivity contribution in [3.8, 4) is 0 Å². The van der Waals surface area contributed by atoms with Gasteiger partial charge in [0.2, 0.25) is 11.9 Å². The van der Waals surface area contributed by atoms with Crippen molar-refractivity contribution in [2.24, 2.45) is 7.05 Å². The van der Waals surface area contributed by atoms with E-state index in [0.29, 0.717) is 18.9 Å². The minimum Gasteiger partial charge on any atom is -0.352 e. The fourth-order valence-electron chi connectivity index (χ4n) is 4.25. The highest BCUT2D eigenvalue weighted by atomic mass is 32.2. The summed E-state index contributed by atoms with van der Waals surface area (Å²) in [6.07, 6.45) is 3.45. The first-order chi connectivity index (χ1) is 18.7. The summed E-state index contributed by atoms with van der Waals surface area (Å²) in [6, 6.07) is 25.9. The molecule has 0 aliphatic carbocycles. The number of aryl methyl sites for hydroxylation is 2. The topological polar surface area (TPSA) is 105 Å². The predicted octanol–water partition coefficient (Wildman–Crippen LogP) is 5.07. The largest absolute Gasteiger partial charge is 0.352 e. The maximum Gasteiger partial charge on any atom is 0.229 e. The van der Waals surface area contributed by atoms with Gasteiger partial charge in [-0.25, -0.2) is 18.4 Å². The van der Waals surface area contributed by atoms with Gasteiger partial charge in [-0.05, 0) is 53.9 Å². The summed E-state index contributed by atoms with van der Waals surface area (Å²) in [7, 11) is 0.974. The standard InChI is InChI=1S/C29H31N7O2S/c1-35(24-13-14-26-25(19-24)33-29(36(26)2)31-20-22-7-5-4-6-8-22)27-15-17-30-28(34-27)32-23-11-9-21(10-12-23)16-18-39(3,37)38/h4-15,17,19H,16,18,20H2,1-3H3,(H,31,33)(H,30,32,34). The molecule has 0 radical (unpaired) electrons. The Labute approximate surface area is 228 Å². The lowest BCUT2D eigenvalue weighted by molar-refractivity contribution is 0.601. The van der Waals surface area contributed by atoms with E-state index >= 15 is 0 Å². The van der Waals surface area contributed by atoms with Crippen molar-refractivity contribution in [2.75, 3.05) is 34.6 Å². The Kier molecular flexibility index (Phi) is 7.47. The van der Waals surface area contributed by atoms with E-state index in [1.165, 1.54) is 11.8 Å². The number of nitrogens with one attached hydrogen (secondary N) is 2. The van der Waals surface area contributed by atoms with E-state index in [9.17, 15) is 8.42 Å². The van der Waals surface area contributed by atoms with Crippen molar-refractivity contribution in [3.63, 3.8) is 0 Å². The van der Waals surface area contributed by atoms with Gasteiger partial charge in [-0.1, -0.05) is 42.5 Å². The molecule has 39 heavy (non-hydrogen) atoms. The number of hydrogen-bond donors (Lipinski definition) is 2. The van der Waals surface area contributed by atoms with Crippen molar-refractivity contribution in [3.05, 3.63) is 96.2 Å². The Bertz CT molecular complexity index is 1680. The zero-order valence-electron chi connectivity index (χ0n) is 22.2. The molecule has 0 fully saturated rings. The van der Waals surface area contributed by atoms with Crippen LogP contribution in [0.3, 0.4) is 0 Å². The molecule has 10 heteroatoms. The van der Waals surface area contributed by atoms with E-state index in [4.69, 9.17) is 4.98 Å². The van der Waals surface area contributed by atoms with Crippen LogP contribution in [-0.4, -0.2) is 47.0 Å². The molecule has 0 spiro atoms. The molecule has 2 heterocycles. The smallest absolute Gasteiger partial charge is 0.229 e. The zero-order chi connectivity index (χ0) is 27.4. The Morgan fingerprint density at radius 1 is 0.923 bits per heavy atom. The highest BCUT2D eigenvalue weighted by Crippen LogP contribution is 2.28. The molecule has 0 aliphatic heterocycles. The summed E-state index contributed by atoms with van der Waals surface area (Å²) in [5.74, 6) is 2.14. The van der Waals surface area contributed by atoms with E-state index in [0.717, 1.165) is 39.7 Å². The number of benzene rings is 3. The molecule has 5 aromatic rings. The van der Waals surface area contributed by atoms with Crippen molar-refractivity contribution in [1.29, 1.82) is 0 Å². The lowest BCUT2D eigenvalue weighted by Crippen LogP contribution is -2.12. The fourth-order valence-corrected chi connectivity index (χ4v) is 4.85. The van der Waals surface area contributed by atoms with Crippen LogP contribution in [0, 0.1) is 0 Å². The number of aromatic nitrogens is 4. The quantitative estimate of drug-likeness (QED) is 0.252. The number of nitrogens with zero attached hydrogens (tertiary/aromatic N) is 5. The molecular weight excluding hydrogens is 510 g/mol. The van der Waals surface area contributed by atoms with Gasteiger partial charge in [-0.2, -0.15) is 4.98 Å². The third kappa shape index (κ3) is 6.53. The van der Waals surface area contributed by atoms with Crippen LogP contribution in [-0.2, 0) is 29.9 Å². The summed E-state index contributed by atoms with van der Waals surface area (Å²) >= 11 is 0. The summed E-state index contributed by atoms with van der Waals surface area (Å²) in [4.78, 5) is 15.9. The van der Waals surface area contributed by atoms with Gasteiger partial charge in [0.1, 0.15) is 15.7 Å². The first kappa shape index (κ1) is 26.2. The van der Waals surface area contributed by atoms with Gasteiger partial charge in [-0.15, -0.1) is 0 Å². The maximum atomic E-state index is 11.4. The Morgan fingerprint density at radius 3 is 2.44 bits per heavy atom. The minimum atomic E-state index is -2.99. The molecule has 200 valence electrons. The number of fused-ring (bicyclic) bond motifs is 1. The Balaban J connectivity index is 1.28. The van der Waals surface area contributed by atoms with Crippen LogP contribution in [0.15, 0.2) is 85.1 Å². The number of imidazole rings is 1. The number of sulfone groups is 1. The molecule has 0 saturated heterocycles. The van der Waals surface area contributed by atoms with Gasteiger partial charge in [0.25, 0.3) is 0 Å². The summed E-state index contributed by atoms with van der Waals surface area (Å²) < 4.78 is 24.9. The number of rotatable bonds is 10. The fraction of sp³-hybridized carbons (Fsp3) is 0.207. The third-order valence-electron chi connectivity index (χ3n) is 6.50. The second-order valence-corrected chi connectivity index (χ2v) is 11.8. The summed E-state index contributed by atoms with van der Waals surface area (Å²) in [5.41, 5.74) is 5.86. The minimum absolute atomic E-state index is 0.132. The van der Waals surface area contributed by atoms with E-state index in [1.54, 1.807) is 6.20 Å². The van der Waals surface area contributed by atoms with Crippen molar-refractivity contribution < 1.29 is 8.42 Å². The molecule has 0 unspecified atom stereocenters. The molecular formula is C29H31N7O2S. The summed E-state index contributed by atoms with van der Waals surface area (Å²) in [5, 5.41) is 6.66. The molecule has 2 aromatic heterocycles. The SMILES string of the molecule is CN(c1ccc2c(c1)nc(NCc1ccccc1)n2C)c1ccnc(Nc2ccc(CCS(C)(=O)=O)cc2)n1. The van der Waals surface area contributed by atoms with Gasteiger partial charge in [0.15, 0.2) is 0 Å². The average molecular weight is 542 g/mol. The second-order valence-electron chi connectivity index (χ2n) is 9.51. The monoisotopic (exact) mass is 541 g/mol. The molecule has 0 amide bonds. The van der Waals surface area contributed by atoms with Crippen LogP contribution in [0.2, 0.25) is 0 Å². The lowest BCUT2D eigenvalue weighted by atomic mass is 10.1. The molecule has 0 atom stereocenters. The van der Waals surface area contributed by atoms with Crippen molar-refractivity contribution >= 4 is 50.0 Å². The highest BCUT2D eigenvalue weighted by Gasteiger charge is 2.12. The van der Waals surface area contributed by atoms with E-state index in [1.807, 2.05) is 73.6 Å². The Morgan fingerprint density at radius 2 is 1.69 bits per heavy atom. The van der Waals surface area contributed by atoms with E-state index < -0.39 is 9.84 Å². The van der Waals surface area contributed by atoms with Crippen molar-refractivity contribution in [2.45, 2.75) is 13.0 Å². The number of hydrogen-bond acceptors (Lipinski definition) is 8. The van der Waals surface area contributed by atoms with Crippen LogP contribution >= 0.6 is 0 Å². The van der Waals surface area contributed by atoms with Gasteiger partial charge in [0.05, 0.1) is 16.8 Å². The molecule has 0 aliphatic rings. The first-order valence-corrected chi connectivity index (χ1v) is 14.7. The van der Waals surface area contributed by atoms with Crippen LogP contribution in [0.1, 0.15) is 11.1 Å². The van der Waals surface area contributed by atoms with E-state index in [-0.39, 0.29) is 5.75 Å².